The monoisotopic (exact) mass is 366 g/mol. The lowest BCUT2D eigenvalue weighted by molar-refractivity contribution is 0.0622. The number of hydrogen-bond donors (Lipinski definition) is 1. The Labute approximate surface area is 147 Å². The number of piperidine rings is 3. The van der Waals surface area contributed by atoms with E-state index in [-0.39, 0.29) is 5.91 Å². The zero-order chi connectivity index (χ0) is 15.8. The van der Waals surface area contributed by atoms with Crippen LogP contribution in [0.15, 0.2) is 20.7 Å². The highest BCUT2D eigenvalue weighted by molar-refractivity contribution is 8.02. The minimum Gasteiger partial charge on any atom is -0.347 e. The molecule has 8 heteroatoms. The second-order valence-corrected chi connectivity index (χ2v) is 9.84. The molecular weight excluding hydrogens is 348 g/mol. The molecule has 0 unspecified atom stereocenters. The lowest BCUT2D eigenvalue weighted by Gasteiger charge is -2.44. The molecule has 0 saturated carbocycles. The zero-order valence-corrected chi connectivity index (χ0v) is 15.3. The maximum Gasteiger partial charge on any atom is 0.261 e. The van der Waals surface area contributed by atoms with Crippen LogP contribution in [-0.2, 0) is 0 Å². The van der Waals surface area contributed by atoms with Crippen molar-refractivity contribution in [2.45, 2.75) is 34.4 Å². The van der Waals surface area contributed by atoms with Crippen molar-refractivity contribution in [3.8, 4) is 0 Å². The van der Waals surface area contributed by atoms with Crippen LogP contribution in [0, 0.1) is 12.8 Å². The summed E-state index contributed by atoms with van der Waals surface area (Å²) in [6, 6.07) is 4.23. The summed E-state index contributed by atoms with van der Waals surface area (Å²) < 4.78 is 2.01. The Morgan fingerprint density at radius 1 is 1.30 bits per heavy atom. The van der Waals surface area contributed by atoms with Gasteiger partial charge in [0.25, 0.3) is 5.91 Å². The van der Waals surface area contributed by atoms with Crippen LogP contribution in [-0.4, -0.2) is 46.7 Å². The summed E-state index contributed by atoms with van der Waals surface area (Å²) in [4.78, 5) is 15.7. The van der Waals surface area contributed by atoms with Crippen LogP contribution in [0.1, 0.15) is 27.5 Å². The van der Waals surface area contributed by atoms with Crippen molar-refractivity contribution in [3.05, 3.63) is 22.0 Å². The van der Waals surface area contributed by atoms with Gasteiger partial charge in [-0.3, -0.25) is 4.79 Å². The van der Waals surface area contributed by atoms with E-state index in [0.29, 0.717) is 12.0 Å². The number of aromatic nitrogens is 2. The molecule has 3 saturated heterocycles. The Morgan fingerprint density at radius 2 is 2.13 bits per heavy atom. The van der Waals surface area contributed by atoms with Crippen molar-refractivity contribution in [1.29, 1.82) is 0 Å². The predicted molar refractivity (Wildman–Crippen MR) is 93.5 cm³/mol. The number of carbonyl (C=O) groups excluding carboxylic acids is 1. The number of fused-ring (bicyclic) bond motifs is 3. The maximum atomic E-state index is 12.5. The van der Waals surface area contributed by atoms with Crippen molar-refractivity contribution >= 4 is 40.3 Å². The fraction of sp³-hybridized carbons (Fsp3) is 0.533. The van der Waals surface area contributed by atoms with E-state index in [4.69, 9.17) is 0 Å². The number of aryl methyl sites for hydroxylation is 1. The lowest BCUT2D eigenvalue weighted by Crippen LogP contribution is -2.57. The molecule has 23 heavy (non-hydrogen) atoms. The van der Waals surface area contributed by atoms with Crippen molar-refractivity contribution in [2.75, 3.05) is 19.6 Å². The molecule has 5 nitrogen and oxygen atoms in total. The molecule has 2 bridgehead atoms. The maximum absolute atomic E-state index is 12.5. The second kappa shape index (κ2) is 6.51. The minimum atomic E-state index is 0.0639. The minimum absolute atomic E-state index is 0.0639. The molecule has 0 aromatic carbocycles. The van der Waals surface area contributed by atoms with Gasteiger partial charge in [0.1, 0.15) is 5.01 Å². The number of nitrogens with zero attached hydrogens (tertiary/aromatic N) is 3. The molecule has 1 amide bonds. The van der Waals surface area contributed by atoms with Crippen LogP contribution >= 0.6 is 34.4 Å². The van der Waals surface area contributed by atoms with Crippen molar-refractivity contribution in [1.82, 2.24) is 20.4 Å². The van der Waals surface area contributed by atoms with E-state index in [1.807, 2.05) is 19.1 Å². The Morgan fingerprint density at radius 3 is 2.78 bits per heavy atom. The molecule has 5 rings (SSSR count). The first-order chi connectivity index (χ1) is 11.2. The molecular formula is C15H18N4OS3. The molecule has 0 aliphatic carbocycles. The third kappa shape index (κ3) is 3.45. The van der Waals surface area contributed by atoms with Gasteiger partial charge in [-0.25, -0.2) is 0 Å². The molecule has 1 atom stereocenters. The third-order valence-electron chi connectivity index (χ3n) is 4.47. The van der Waals surface area contributed by atoms with E-state index in [9.17, 15) is 4.79 Å². The number of rotatable bonds is 4. The average Bonchev–Trinajstić information content (AvgIpc) is 3.18. The molecule has 3 fully saturated rings. The lowest BCUT2D eigenvalue weighted by atomic mass is 9.84. The van der Waals surface area contributed by atoms with Gasteiger partial charge in [0.05, 0.1) is 9.09 Å². The largest absolute Gasteiger partial charge is 0.347 e. The quantitative estimate of drug-likeness (QED) is 0.902. The number of nitrogens with one attached hydrogen (secondary N) is 1. The van der Waals surface area contributed by atoms with Gasteiger partial charge < -0.3 is 10.2 Å². The van der Waals surface area contributed by atoms with Gasteiger partial charge in [0.15, 0.2) is 4.34 Å². The van der Waals surface area contributed by atoms with E-state index in [2.05, 4.69) is 20.4 Å². The summed E-state index contributed by atoms with van der Waals surface area (Å²) in [5, 5.41) is 12.3. The summed E-state index contributed by atoms with van der Waals surface area (Å²) in [6.45, 7) is 5.34. The first kappa shape index (κ1) is 15.6. The van der Waals surface area contributed by atoms with Crippen molar-refractivity contribution < 1.29 is 4.79 Å². The fourth-order valence-electron chi connectivity index (χ4n) is 3.27. The molecule has 3 aliphatic heterocycles. The van der Waals surface area contributed by atoms with E-state index in [1.165, 1.54) is 37.3 Å². The number of thiophene rings is 1. The first-order valence-corrected chi connectivity index (χ1v) is 10.2. The van der Waals surface area contributed by atoms with Crippen molar-refractivity contribution in [2.24, 2.45) is 5.92 Å². The zero-order valence-electron chi connectivity index (χ0n) is 12.8. The molecule has 122 valence electrons. The summed E-state index contributed by atoms with van der Waals surface area (Å²) in [5.41, 5.74) is 0. The average molecular weight is 367 g/mol. The SMILES string of the molecule is Cc1nnc(Sc2ccc(C(=O)N[C@H]3CN4CCC3CC4)s2)s1. The summed E-state index contributed by atoms with van der Waals surface area (Å²) in [5.74, 6) is 0.719. The smallest absolute Gasteiger partial charge is 0.261 e. The van der Waals surface area contributed by atoms with Crippen LogP contribution in [0.25, 0.3) is 0 Å². The van der Waals surface area contributed by atoms with E-state index >= 15 is 0 Å². The number of carbonyl (C=O) groups is 1. The summed E-state index contributed by atoms with van der Waals surface area (Å²) in [7, 11) is 0. The molecule has 3 aliphatic rings. The van der Waals surface area contributed by atoms with Gasteiger partial charge in [0.2, 0.25) is 0 Å². The molecule has 2 aromatic heterocycles. The Hall–Kier alpha value is -0.960. The van der Waals surface area contributed by atoms with Gasteiger partial charge in [-0.05, 0) is 62.7 Å². The fourth-order valence-corrected chi connectivity index (χ4v) is 6.35. The predicted octanol–water partition coefficient (Wildman–Crippen LogP) is 2.88. The number of hydrogen-bond acceptors (Lipinski definition) is 7. The van der Waals surface area contributed by atoms with Gasteiger partial charge >= 0.3 is 0 Å². The third-order valence-corrected chi connectivity index (χ3v) is 7.58. The van der Waals surface area contributed by atoms with Crippen LogP contribution < -0.4 is 5.32 Å². The molecule has 0 spiro atoms. The van der Waals surface area contributed by atoms with Crippen molar-refractivity contribution in [3.63, 3.8) is 0 Å². The van der Waals surface area contributed by atoms with Crippen LogP contribution in [0.4, 0.5) is 0 Å². The summed E-state index contributed by atoms with van der Waals surface area (Å²) >= 11 is 4.69. The molecule has 5 heterocycles. The molecule has 1 N–H and O–H groups in total. The summed E-state index contributed by atoms with van der Waals surface area (Å²) in [6.07, 6.45) is 2.43. The van der Waals surface area contributed by atoms with E-state index in [1.54, 1.807) is 23.1 Å². The standard InChI is InChI=1S/C15H18N4OS3/c1-9-17-18-15(21-9)23-13-3-2-12(22-13)14(20)16-11-8-19-6-4-10(11)5-7-19/h2-3,10-11H,4-8H2,1H3,(H,16,20)/t11-/m0/s1. The highest BCUT2D eigenvalue weighted by Crippen LogP contribution is 2.35. The van der Waals surface area contributed by atoms with Gasteiger partial charge in [0, 0.05) is 12.6 Å². The van der Waals surface area contributed by atoms with E-state index in [0.717, 1.165) is 25.0 Å². The van der Waals surface area contributed by atoms with Gasteiger partial charge in [-0.2, -0.15) is 0 Å². The topological polar surface area (TPSA) is 58.1 Å². The highest BCUT2D eigenvalue weighted by Gasteiger charge is 2.35. The van der Waals surface area contributed by atoms with Gasteiger partial charge in [-0.1, -0.05) is 11.3 Å². The Kier molecular flexibility index (Phi) is 4.40. The Balaban J connectivity index is 1.39. The number of amides is 1. The van der Waals surface area contributed by atoms with Crippen LogP contribution in [0.3, 0.4) is 0 Å². The van der Waals surface area contributed by atoms with Crippen LogP contribution in [0.2, 0.25) is 0 Å². The first-order valence-electron chi connectivity index (χ1n) is 7.78. The van der Waals surface area contributed by atoms with Crippen LogP contribution in [0.5, 0.6) is 0 Å². The highest BCUT2D eigenvalue weighted by atomic mass is 32.2. The molecule has 0 radical (unpaired) electrons. The normalized spacial score (nSPS) is 26.4. The van der Waals surface area contributed by atoms with Gasteiger partial charge in [-0.15, -0.1) is 21.5 Å². The van der Waals surface area contributed by atoms with E-state index < -0.39 is 0 Å². The second-order valence-electron chi connectivity index (χ2n) is 6.03. The molecule has 2 aromatic rings. The Bertz CT molecular complexity index is 705.